The average molecular weight is 260 g/mol. The molecule has 1 aromatic rings. The summed E-state index contributed by atoms with van der Waals surface area (Å²) < 4.78 is 0. The van der Waals surface area contributed by atoms with Crippen molar-refractivity contribution in [2.75, 3.05) is 13.1 Å². The summed E-state index contributed by atoms with van der Waals surface area (Å²) in [5, 5.41) is 3.64. The molecule has 2 nitrogen and oxygen atoms in total. The molecule has 2 rings (SSSR count). The highest BCUT2D eigenvalue weighted by atomic mass is 14.9. The second kappa shape index (κ2) is 7.06. The van der Waals surface area contributed by atoms with Gasteiger partial charge in [0.2, 0.25) is 0 Å². The van der Waals surface area contributed by atoms with Crippen molar-refractivity contribution >= 4 is 0 Å². The van der Waals surface area contributed by atoms with Crippen molar-refractivity contribution in [3.63, 3.8) is 0 Å². The van der Waals surface area contributed by atoms with E-state index in [4.69, 9.17) is 5.73 Å². The maximum absolute atomic E-state index is 6.21. The Hall–Kier alpha value is -0.860. The fraction of sp³-hybridized carbons (Fsp3) is 0.647. The van der Waals surface area contributed by atoms with Gasteiger partial charge in [-0.25, -0.2) is 0 Å². The van der Waals surface area contributed by atoms with E-state index in [-0.39, 0.29) is 6.04 Å². The van der Waals surface area contributed by atoms with Gasteiger partial charge < -0.3 is 11.1 Å². The van der Waals surface area contributed by atoms with Gasteiger partial charge in [0.1, 0.15) is 0 Å². The van der Waals surface area contributed by atoms with Crippen LogP contribution in [0.4, 0.5) is 0 Å². The average Bonchev–Trinajstić information content (AvgIpc) is 2.94. The van der Waals surface area contributed by atoms with Crippen molar-refractivity contribution in [1.82, 2.24) is 5.32 Å². The van der Waals surface area contributed by atoms with Gasteiger partial charge in [-0.3, -0.25) is 0 Å². The molecule has 0 aliphatic heterocycles. The molecular weight excluding hydrogens is 232 g/mol. The van der Waals surface area contributed by atoms with Gasteiger partial charge in [0.15, 0.2) is 0 Å². The minimum absolute atomic E-state index is 0.162. The first-order chi connectivity index (χ1) is 9.26. The Kier molecular flexibility index (Phi) is 5.41. The van der Waals surface area contributed by atoms with Crippen LogP contribution in [0.1, 0.15) is 57.1 Å². The number of nitrogens with one attached hydrogen (secondary N) is 1. The zero-order valence-electron chi connectivity index (χ0n) is 12.2. The third kappa shape index (κ3) is 4.05. The molecule has 0 saturated heterocycles. The summed E-state index contributed by atoms with van der Waals surface area (Å²) in [6.07, 6.45) is 7.97. The first-order valence-corrected chi connectivity index (χ1v) is 7.77. The predicted molar refractivity (Wildman–Crippen MR) is 82.0 cm³/mol. The molecule has 1 unspecified atom stereocenters. The molecule has 106 valence electrons. The lowest BCUT2D eigenvalue weighted by molar-refractivity contribution is 0.268. The van der Waals surface area contributed by atoms with E-state index in [0.29, 0.717) is 5.41 Å². The zero-order chi connectivity index (χ0) is 13.6. The standard InChI is InChI=1S/C17H28N2/c1-2-17(11-6-7-12-17)14-19-13-10-16(18)15-8-4-3-5-9-15/h3-5,8-9,16,19H,2,6-7,10-14,18H2,1H3. The monoisotopic (exact) mass is 260 g/mol. The van der Waals surface area contributed by atoms with E-state index >= 15 is 0 Å². The van der Waals surface area contributed by atoms with Crippen molar-refractivity contribution in [2.24, 2.45) is 11.1 Å². The number of nitrogens with two attached hydrogens (primary N) is 1. The van der Waals surface area contributed by atoms with E-state index in [1.807, 2.05) is 6.07 Å². The molecule has 1 fully saturated rings. The quantitative estimate of drug-likeness (QED) is 0.735. The Labute approximate surface area is 117 Å². The Morgan fingerprint density at radius 3 is 2.53 bits per heavy atom. The summed E-state index contributed by atoms with van der Waals surface area (Å²) in [7, 11) is 0. The second-order valence-corrected chi connectivity index (χ2v) is 6.04. The normalized spacial score (nSPS) is 19.5. The van der Waals surface area contributed by atoms with Gasteiger partial charge >= 0.3 is 0 Å². The highest BCUT2D eigenvalue weighted by Gasteiger charge is 2.31. The summed E-state index contributed by atoms with van der Waals surface area (Å²) in [6, 6.07) is 10.6. The molecular formula is C17H28N2. The Morgan fingerprint density at radius 2 is 1.89 bits per heavy atom. The smallest absolute Gasteiger partial charge is 0.0306 e. The van der Waals surface area contributed by atoms with E-state index < -0.39 is 0 Å². The SMILES string of the molecule is CCC1(CNCCC(N)c2ccccc2)CCCC1. The van der Waals surface area contributed by atoms with Crippen LogP contribution in [0.3, 0.4) is 0 Å². The van der Waals surface area contributed by atoms with Crippen LogP contribution in [-0.4, -0.2) is 13.1 Å². The molecule has 0 aromatic heterocycles. The van der Waals surface area contributed by atoms with Gasteiger partial charge in [-0.1, -0.05) is 50.1 Å². The van der Waals surface area contributed by atoms with Gasteiger partial charge in [0.25, 0.3) is 0 Å². The largest absolute Gasteiger partial charge is 0.324 e. The molecule has 3 N–H and O–H groups in total. The third-order valence-electron chi connectivity index (χ3n) is 4.77. The summed E-state index contributed by atoms with van der Waals surface area (Å²) in [5.41, 5.74) is 8.04. The van der Waals surface area contributed by atoms with Crippen LogP contribution in [-0.2, 0) is 0 Å². The third-order valence-corrected chi connectivity index (χ3v) is 4.77. The molecule has 1 aliphatic carbocycles. The lowest BCUT2D eigenvalue weighted by Gasteiger charge is -2.28. The van der Waals surface area contributed by atoms with Crippen molar-refractivity contribution in [3.8, 4) is 0 Å². The number of benzene rings is 1. The maximum atomic E-state index is 6.21. The summed E-state index contributed by atoms with van der Waals surface area (Å²) in [4.78, 5) is 0. The van der Waals surface area contributed by atoms with E-state index in [9.17, 15) is 0 Å². The number of hydrogen-bond donors (Lipinski definition) is 2. The van der Waals surface area contributed by atoms with Crippen LogP contribution in [0.25, 0.3) is 0 Å². The van der Waals surface area contributed by atoms with Crippen LogP contribution in [0.15, 0.2) is 30.3 Å². The van der Waals surface area contributed by atoms with Gasteiger partial charge in [-0.2, -0.15) is 0 Å². The summed E-state index contributed by atoms with van der Waals surface area (Å²) in [5.74, 6) is 0. The van der Waals surface area contributed by atoms with Crippen LogP contribution in [0.2, 0.25) is 0 Å². The van der Waals surface area contributed by atoms with Crippen molar-refractivity contribution < 1.29 is 0 Å². The molecule has 2 heteroatoms. The van der Waals surface area contributed by atoms with Gasteiger partial charge in [0, 0.05) is 12.6 Å². The van der Waals surface area contributed by atoms with Crippen LogP contribution in [0.5, 0.6) is 0 Å². The maximum Gasteiger partial charge on any atom is 0.0306 e. The Bertz CT molecular complexity index is 355. The minimum Gasteiger partial charge on any atom is -0.324 e. The van der Waals surface area contributed by atoms with Gasteiger partial charge in [0.05, 0.1) is 0 Å². The molecule has 0 amide bonds. The molecule has 1 aromatic carbocycles. The minimum atomic E-state index is 0.162. The van der Waals surface area contributed by atoms with Gasteiger partial charge in [-0.05, 0) is 43.2 Å². The van der Waals surface area contributed by atoms with E-state index in [1.54, 1.807) is 0 Å². The Balaban J connectivity index is 1.69. The first kappa shape index (κ1) is 14.5. The number of rotatable bonds is 7. The van der Waals surface area contributed by atoms with Gasteiger partial charge in [-0.15, -0.1) is 0 Å². The topological polar surface area (TPSA) is 38.0 Å². The van der Waals surface area contributed by atoms with E-state index in [2.05, 4.69) is 36.5 Å². The zero-order valence-corrected chi connectivity index (χ0v) is 12.2. The fourth-order valence-corrected chi connectivity index (χ4v) is 3.26. The molecule has 1 saturated carbocycles. The lowest BCUT2D eigenvalue weighted by atomic mass is 9.83. The van der Waals surface area contributed by atoms with E-state index in [1.165, 1.54) is 44.2 Å². The number of hydrogen-bond acceptors (Lipinski definition) is 2. The van der Waals surface area contributed by atoms with Crippen molar-refractivity contribution in [1.29, 1.82) is 0 Å². The van der Waals surface area contributed by atoms with Crippen LogP contribution < -0.4 is 11.1 Å². The summed E-state index contributed by atoms with van der Waals surface area (Å²) in [6.45, 7) is 4.53. The highest BCUT2D eigenvalue weighted by Crippen LogP contribution is 2.40. The molecule has 0 radical (unpaired) electrons. The molecule has 19 heavy (non-hydrogen) atoms. The highest BCUT2D eigenvalue weighted by molar-refractivity contribution is 5.18. The van der Waals surface area contributed by atoms with Crippen molar-refractivity contribution in [2.45, 2.75) is 51.5 Å². The van der Waals surface area contributed by atoms with E-state index in [0.717, 1.165) is 13.0 Å². The Morgan fingerprint density at radius 1 is 1.21 bits per heavy atom. The molecule has 1 aliphatic rings. The fourth-order valence-electron chi connectivity index (χ4n) is 3.26. The molecule has 0 spiro atoms. The molecule has 1 atom stereocenters. The van der Waals surface area contributed by atoms with Crippen LogP contribution >= 0.6 is 0 Å². The summed E-state index contributed by atoms with van der Waals surface area (Å²) >= 11 is 0. The van der Waals surface area contributed by atoms with Crippen molar-refractivity contribution in [3.05, 3.63) is 35.9 Å². The molecule has 0 bridgehead atoms. The lowest BCUT2D eigenvalue weighted by Crippen LogP contribution is -2.33. The molecule has 0 heterocycles. The predicted octanol–water partition coefficient (Wildman–Crippen LogP) is 3.64. The second-order valence-electron chi connectivity index (χ2n) is 6.04. The van der Waals surface area contributed by atoms with Crippen LogP contribution in [0, 0.1) is 5.41 Å². The first-order valence-electron chi connectivity index (χ1n) is 7.77.